The van der Waals surface area contributed by atoms with Gasteiger partial charge in [-0.05, 0) is 34.4 Å². The number of esters is 1. The van der Waals surface area contributed by atoms with Crippen LogP contribution in [0.15, 0.2) is 41.8 Å². The topological polar surface area (TPSA) is 99.0 Å². The molecule has 134 valence electrons. The highest BCUT2D eigenvalue weighted by atomic mass is 35.5. The first-order valence-corrected chi connectivity index (χ1v) is 8.84. The molecule has 0 saturated carbocycles. The molecule has 1 N–H and O–H groups in total. The van der Waals surface area contributed by atoms with Gasteiger partial charge in [-0.1, -0.05) is 29.8 Å². The van der Waals surface area contributed by atoms with Crippen molar-refractivity contribution in [3.05, 3.63) is 52.4 Å². The van der Waals surface area contributed by atoms with Crippen molar-refractivity contribution in [2.45, 2.75) is 13.1 Å². The average Bonchev–Trinajstić information content (AvgIpc) is 3.31. The molecule has 0 saturated heterocycles. The molecule has 2 heterocycles. The Morgan fingerprint density at radius 2 is 2.04 bits per heavy atom. The van der Waals surface area contributed by atoms with E-state index in [1.807, 2.05) is 17.5 Å². The van der Waals surface area contributed by atoms with Gasteiger partial charge in [-0.25, -0.2) is 4.79 Å². The van der Waals surface area contributed by atoms with Crippen LogP contribution in [0.3, 0.4) is 0 Å². The third kappa shape index (κ3) is 5.11. The van der Waals surface area contributed by atoms with Gasteiger partial charge >= 0.3 is 5.97 Å². The zero-order chi connectivity index (χ0) is 18.4. The fraction of sp³-hybridized carbons (Fsp3) is 0.188. The van der Waals surface area contributed by atoms with Gasteiger partial charge in [-0.2, -0.15) is 4.80 Å². The van der Waals surface area contributed by atoms with Crippen LogP contribution in [0.25, 0.3) is 10.7 Å². The number of carbonyl (C=O) groups excluding carboxylic acids is 2. The number of hydrogen-bond donors (Lipinski definition) is 1. The summed E-state index contributed by atoms with van der Waals surface area (Å²) in [5.41, 5.74) is 0.891. The number of carbonyl (C=O) groups is 2. The van der Waals surface area contributed by atoms with Gasteiger partial charge in [0.25, 0.3) is 5.91 Å². The standard InChI is InChI=1S/C16H14ClN5O3S/c17-12-5-3-11(4-6-12)8-18-14(23)10-25-15(24)9-22-20-16(19-21-22)13-2-1-7-26-13/h1-7H,8-10H2,(H,18,23). The lowest BCUT2D eigenvalue weighted by molar-refractivity contribution is -0.149. The highest BCUT2D eigenvalue weighted by molar-refractivity contribution is 7.13. The quantitative estimate of drug-likeness (QED) is 0.618. The SMILES string of the molecule is O=C(COC(=O)Cn1nnc(-c2cccs2)n1)NCc1ccc(Cl)cc1. The Labute approximate surface area is 157 Å². The number of nitrogens with zero attached hydrogens (tertiary/aromatic N) is 4. The van der Waals surface area contributed by atoms with Crippen molar-refractivity contribution in [3.63, 3.8) is 0 Å². The van der Waals surface area contributed by atoms with Crippen molar-refractivity contribution < 1.29 is 14.3 Å². The van der Waals surface area contributed by atoms with Crippen molar-refractivity contribution in [3.8, 4) is 10.7 Å². The van der Waals surface area contributed by atoms with Gasteiger partial charge in [0, 0.05) is 11.6 Å². The second-order valence-corrected chi connectivity index (χ2v) is 6.57. The first-order chi connectivity index (χ1) is 12.6. The third-order valence-corrected chi connectivity index (χ3v) is 4.35. The summed E-state index contributed by atoms with van der Waals surface area (Å²) in [7, 11) is 0. The molecule has 0 bridgehead atoms. The summed E-state index contributed by atoms with van der Waals surface area (Å²) in [6.07, 6.45) is 0. The smallest absolute Gasteiger partial charge is 0.330 e. The minimum atomic E-state index is -0.623. The van der Waals surface area contributed by atoms with E-state index in [-0.39, 0.29) is 13.2 Å². The molecule has 0 spiro atoms. The number of rotatable bonds is 7. The predicted molar refractivity (Wildman–Crippen MR) is 95.4 cm³/mol. The number of tetrazole rings is 1. The predicted octanol–water partition coefficient (Wildman–Crippen LogP) is 1.91. The highest BCUT2D eigenvalue weighted by Gasteiger charge is 2.12. The first kappa shape index (κ1) is 18.0. The van der Waals surface area contributed by atoms with Gasteiger partial charge in [-0.3, -0.25) is 4.79 Å². The Kier molecular flexibility index (Phi) is 5.92. The van der Waals surface area contributed by atoms with Gasteiger partial charge in [0.05, 0.1) is 4.88 Å². The largest absolute Gasteiger partial charge is 0.454 e. The summed E-state index contributed by atoms with van der Waals surface area (Å²) in [4.78, 5) is 25.5. The Morgan fingerprint density at radius 3 is 2.77 bits per heavy atom. The van der Waals surface area contributed by atoms with Crippen LogP contribution in [0.4, 0.5) is 0 Å². The molecule has 1 aromatic carbocycles. The maximum Gasteiger partial charge on any atom is 0.330 e. The van der Waals surface area contributed by atoms with Gasteiger partial charge < -0.3 is 10.1 Å². The van der Waals surface area contributed by atoms with E-state index in [9.17, 15) is 9.59 Å². The fourth-order valence-corrected chi connectivity index (χ4v) is 2.75. The van der Waals surface area contributed by atoms with Crippen LogP contribution in [0.1, 0.15) is 5.56 Å². The number of benzene rings is 1. The summed E-state index contributed by atoms with van der Waals surface area (Å²) >= 11 is 7.27. The summed E-state index contributed by atoms with van der Waals surface area (Å²) in [6, 6.07) is 10.8. The van der Waals surface area contributed by atoms with Crippen LogP contribution in [-0.2, 0) is 27.4 Å². The molecular weight excluding hydrogens is 378 g/mol. The fourth-order valence-electron chi connectivity index (χ4n) is 1.98. The van der Waals surface area contributed by atoms with Gasteiger partial charge in [-0.15, -0.1) is 21.5 Å². The lowest BCUT2D eigenvalue weighted by Gasteiger charge is -2.06. The molecule has 26 heavy (non-hydrogen) atoms. The van der Waals surface area contributed by atoms with Crippen molar-refractivity contribution in [1.82, 2.24) is 25.5 Å². The summed E-state index contributed by atoms with van der Waals surface area (Å²) in [5.74, 6) is -0.589. The molecule has 10 heteroatoms. The maximum absolute atomic E-state index is 11.8. The molecule has 0 fully saturated rings. The molecule has 0 atom stereocenters. The van der Waals surface area contributed by atoms with E-state index in [2.05, 4.69) is 20.7 Å². The average molecular weight is 392 g/mol. The van der Waals surface area contributed by atoms with Gasteiger partial charge in [0.1, 0.15) is 0 Å². The summed E-state index contributed by atoms with van der Waals surface area (Å²) in [6.45, 7) is -0.274. The molecule has 1 amide bonds. The van der Waals surface area contributed by atoms with E-state index in [1.54, 1.807) is 24.3 Å². The number of thiophene rings is 1. The van der Waals surface area contributed by atoms with Crippen LogP contribution >= 0.6 is 22.9 Å². The van der Waals surface area contributed by atoms with Crippen molar-refractivity contribution in [2.24, 2.45) is 0 Å². The lowest BCUT2D eigenvalue weighted by Crippen LogP contribution is -2.29. The lowest BCUT2D eigenvalue weighted by atomic mass is 10.2. The van der Waals surface area contributed by atoms with Crippen molar-refractivity contribution >= 4 is 34.8 Å². The molecule has 8 nitrogen and oxygen atoms in total. The van der Waals surface area contributed by atoms with Crippen LogP contribution in [-0.4, -0.2) is 38.7 Å². The molecule has 3 aromatic rings. The maximum atomic E-state index is 11.8. The molecular formula is C16H14ClN5O3S. The summed E-state index contributed by atoms with van der Waals surface area (Å²) < 4.78 is 4.92. The molecule has 0 aliphatic carbocycles. The number of ether oxygens (including phenoxy) is 1. The van der Waals surface area contributed by atoms with Crippen molar-refractivity contribution in [1.29, 1.82) is 0 Å². The zero-order valence-electron chi connectivity index (χ0n) is 13.5. The van der Waals surface area contributed by atoms with Crippen molar-refractivity contribution in [2.75, 3.05) is 6.61 Å². The Balaban J connectivity index is 1.41. The molecule has 3 rings (SSSR count). The number of amides is 1. The summed E-state index contributed by atoms with van der Waals surface area (Å²) in [5, 5.41) is 16.9. The van der Waals surface area contributed by atoms with Crippen LogP contribution in [0, 0.1) is 0 Å². The molecule has 0 unspecified atom stereocenters. The van der Waals surface area contributed by atoms with E-state index < -0.39 is 11.9 Å². The van der Waals surface area contributed by atoms with E-state index in [1.165, 1.54) is 11.3 Å². The van der Waals surface area contributed by atoms with Gasteiger partial charge in [0.2, 0.25) is 5.82 Å². The monoisotopic (exact) mass is 391 g/mol. The zero-order valence-corrected chi connectivity index (χ0v) is 15.0. The number of halogens is 1. The van der Waals surface area contributed by atoms with E-state index in [4.69, 9.17) is 16.3 Å². The number of aromatic nitrogens is 4. The normalized spacial score (nSPS) is 10.5. The minimum absolute atomic E-state index is 0.219. The van der Waals surface area contributed by atoms with E-state index in [0.29, 0.717) is 17.4 Å². The van der Waals surface area contributed by atoms with Crippen LogP contribution < -0.4 is 5.32 Å². The van der Waals surface area contributed by atoms with Gasteiger partial charge in [0.15, 0.2) is 13.2 Å². The molecule has 2 aromatic heterocycles. The first-order valence-electron chi connectivity index (χ1n) is 7.58. The molecule has 0 aliphatic heterocycles. The minimum Gasteiger partial charge on any atom is -0.454 e. The Hall–Kier alpha value is -2.78. The highest BCUT2D eigenvalue weighted by Crippen LogP contribution is 2.19. The second-order valence-electron chi connectivity index (χ2n) is 5.18. The number of hydrogen-bond acceptors (Lipinski definition) is 7. The number of nitrogens with one attached hydrogen (secondary N) is 1. The van der Waals surface area contributed by atoms with Crippen LogP contribution in [0.2, 0.25) is 5.02 Å². The van der Waals surface area contributed by atoms with E-state index >= 15 is 0 Å². The molecule has 0 radical (unpaired) electrons. The molecule has 0 aliphatic rings. The van der Waals surface area contributed by atoms with E-state index in [0.717, 1.165) is 15.2 Å². The third-order valence-electron chi connectivity index (χ3n) is 3.23. The second kappa shape index (κ2) is 8.54. The Morgan fingerprint density at radius 1 is 1.23 bits per heavy atom. The van der Waals surface area contributed by atoms with Crippen LogP contribution in [0.5, 0.6) is 0 Å². The Bertz CT molecular complexity index is 880.